The minimum Gasteiger partial charge on any atom is -0.382 e. The van der Waals surface area contributed by atoms with Crippen molar-refractivity contribution in [3.63, 3.8) is 0 Å². The number of nitrogens with one attached hydrogen (secondary N) is 1. The highest BCUT2D eigenvalue weighted by Crippen LogP contribution is 2.21. The second-order valence-corrected chi connectivity index (χ2v) is 4.13. The van der Waals surface area contributed by atoms with E-state index in [0.717, 1.165) is 12.1 Å². The lowest BCUT2D eigenvalue weighted by atomic mass is 10.2. The molecule has 3 nitrogen and oxygen atoms in total. The number of hydrogen-bond donors (Lipinski definition) is 1. The first kappa shape index (κ1) is 11.9. The third kappa shape index (κ3) is 2.77. The van der Waals surface area contributed by atoms with Gasteiger partial charge in [-0.25, -0.2) is 4.39 Å². The summed E-state index contributed by atoms with van der Waals surface area (Å²) >= 11 is 5.69. The van der Waals surface area contributed by atoms with Crippen LogP contribution in [0.4, 0.5) is 10.1 Å². The molecule has 0 amide bonds. The van der Waals surface area contributed by atoms with Gasteiger partial charge in [0.1, 0.15) is 0 Å². The van der Waals surface area contributed by atoms with Crippen molar-refractivity contribution in [2.45, 2.75) is 6.42 Å². The van der Waals surface area contributed by atoms with Gasteiger partial charge in [-0.3, -0.25) is 4.68 Å². The minimum absolute atomic E-state index is 0.135. The quantitative estimate of drug-likeness (QED) is 0.908. The standard InChI is InChI=1S/C12H13ClFN3/c1-17-9(6-8-16-17)5-7-15-11-4-2-3-10(13)12(11)14/h2-4,6,8,15H,5,7H2,1H3. The molecule has 0 bridgehead atoms. The lowest BCUT2D eigenvalue weighted by Gasteiger charge is -2.08. The summed E-state index contributed by atoms with van der Waals surface area (Å²) in [7, 11) is 1.88. The van der Waals surface area contributed by atoms with E-state index in [2.05, 4.69) is 10.4 Å². The van der Waals surface area contributed by atoms with Gasteiger partial charge < -0.3 is 5.32 Å². The first-order chi connectivity index (χ1) is 8.18. The third-order valence-electron chi connectivity index (χ3n) is 2.57. The van der Waals surface area contributed by atoms with E-state index < -0.39 is 5.82 Å². The fourth-order valence-electron chi connectivity index (χ4n) is 1.61. The molecule has 0 spiro atoms. The summed E-state index contributed by atoms with van der Waals surface area (Å²) in [5.74, 6) is -0.404. The van der Waals surface area contributed by atoms with Crippen LogP contribution in [-0.4, -0.2) is 16.3 Å². The molecule has 2 aromatic rings. The maximum Gasteiger partial charge on any atom is 0.164 e. The van der Waals surface area contributed by atoms with Gasteiger partial charge in [-0.2, -0.15) is 5.10 Å². The Morgan fingerprint density at radius 1 is 1.41 bits per heavy atom. The van der Waals surface area contributed by atoms with Crippen molar-refractivity contribution in [3.8, 4) is 0 Å². The van der Waals surface area contributed by atoms with Crippen LogP contribution in [0.5, 0.6) is 0 Å². The molecule has 0 saturated carbocycles. The zero-order chi connectivity index (χ0) is 12.3. The highest BCUT2D eigenvalue weighted by Gasteiger charge is 2.05. The summed E-state index contributed by atoms with van der Waals surface area (Å²) < 4.78 is 15.3. The zero-order valence-corrected chi connectivity index (χ0v) is 10.2. The Kier molecular flexibility index (Phi) is 3.64. The van der Waals surface area contributed by atoms with Crippen LogP contribution >= 0.6 is 11.6 Å². The molecule has 0 aliphatic carbocycles. The van der Waals surface area contributed by atoms with Gasteiger partial charge in [0.2, 0.25) is 0 Å². The average molecular weight is 254 g/mol. The molecule has 0 aliphatic rings. The van der Waals surface area contributed by atoms with Crippen LogP contribution in [0.25, 0.3) is 0 Å². The number of rotatable bonds is 4. The van der Waals surface area contributed by atoms with Gasteiger partial charge in [0.05, 0.1) is 10.7 Å². The van der Waals surface area contributed by atoms with E-state index in [1.807, 2.05) is 13.1 Å². The van der Waals surface area contributed by atoms with Crippen molar-refractivity contribution >= 4 is 17.3 Å². The summed E-state index contributed by atoms with van der Waals surface area (Å²) in [6.07, 6.45) is 2.53. The van der Waals surface area contributed by atoms with E-state index in [9.17, 15) is 4.39 Å². The van der Waals surface area contributed by atoms with Crippen molar-refractivity contribution in [1.82, 2.24) is 9.78 Å². The van der Waals surface area contributed by atoms with E-state index in [0.29, 0.717) is 12.2 Å². The zero-order valence-electron chi connectivity index (χ0n) is 9.45. The topological polar surface area (TPSA) is 29.9 Å². The number of aromatic nitrogens is 2. The van der Waals surface area contributed by atoms with E-state index in [4.69, 9.17) is 11.6 Å². The Morgan fingerprint density at radius 2 is 2.24 bits per heavy atom. The monoisotopic (exact) mass is 253 g/mol. The maximum absolute atomic E-state index is 13.5. The molecule has 2 rings (SSSR count). The van der Waals surface area contributed by atoms with Crippen LogP contribution in [-0.2, 0) is 13.5 Å². The molecule has 0 fully saturated rings. The number of nitrogens with zero attached hydrogens (tertiary/aromatic N) is 2. The number of halogens is 2. The number of anilines is 1. The van der Waals surface area contributed by atoms with Crippen LogP contribution in [0.3, 0.4) is 0 Å². The number of aryl methyl sites for hydroxylation is 1. The molecule has 0 aliphatic heterocycles. The largest absolute Gasteiger partial charge is 0.382 e. The summed E-state index contributed by atoms with van der Waals surface area (Å²) in [6.45, 7) is 0.636. The summed E-state index contributed by atoms with van der Waals surface area (Å²) in [5.41, 5.74) is 1.53. The fourth-order valence-corrected chi connectivity index (χ4v) is 1.79. The molecule has 1 aromatic heterocycles. The SMILES string of the molecule is Cn1nccc1CCNc1cccc(Cl)c1F. The summed E-state index contributed by atoms with van der Waals surface area (Å²) in [5, 5.41) is 7.22. The van der Waals surface area contributed by atoms with Gasteiger partial charge in [-0.05, 0) is 18.2 Å². The van der Waals surface area contributed by atoms with Gasteiger partial charge in [-0.15, -0.1) is 0 Å². The highest BCUT2D eigenvalue weighted by atomic mass is 35.5. The predicted molar refractivity (Wildman–Crippen MR) is 66.8 cm³/mol. The van der Waals surface area contributed by atoms with Crippen LogP contribution < -0.4 is 5.32 Å². The molecule has 0 atom stereocenters. The molecule has 17 heavy (non-hydrogen) atoms. The molecule has 1 N–H and O–H groups in total. The first-order valence-corrected chi connectivity index (χ1v) is 5.71. The van der Waals surface area contributed by atoms with Crippen molar-refractivity contribution in [3.05, 3.63) is 47.0 Å². The van der Waals surface area contributed by atoms with Crippen LogP contribution in [0, 0.1) is 5.82 Å². The van der Waals surface area contributed by atoms with Gasteiger partial charge in [0.25, 0.3) is 0 Å². The maximum atomic E-state index is 13.5. The number of benzene rings is 1. The van der Waals surface area contributed by atoms with Crippen molar-refractivity contribution in [1.29, 1.82) is 0 Å². The Morgan fingerprint density at radius 3 is 2.94 bits per heavy atom. The van der Waals surface area contributed by atoms with Crippen molar-refractivity contribution in [2.75, 3.05) is 11.9 Å². The van der Waals surface area contributed by atoms with Gasteiger partial charge in [0.15, 0.2) is 5.82 Å². The Hall–Kier alpha value is -1.55. The summed E-state index contributed by atoms with van der Waals surface area (Å²) in [6, 6.07) is 6.86. The van der Waals surface area contributed by atoms with Gasteiger partial charge in [0, 0.05) is 31.9 Å². The normalized spacial score (nSPS) is 10.5. The molecule has 0 unspecified atom stereocenters. The second kappa shape index (κ2) is 5.19. The van der Waals surface area contributed by atoms with E-state index in [1.165, 1.54) is 6.07 Å². The third-order valence-corrected chi connectivity index (χ3v) is 2.86. The average Bonchev–Trinajstić information content (AvgIpc) is 2.71. The second-order valence-electron chi connectivity index (χ2n) is 3.72. The number of hydrogen-bond acceptors (Lipinski definition) is 2. The smallest absolute Gasteiger partial charge is 0.164 e. The van der Waals surface area contributed by atoms with E-state index >= 15 is 0 Å². The Bertz CT molecular complexity index is 510. The highest BCUT2D eigenvalue weighted by molar-refractivity contribution is 6.31. The van der Waals surface area contributed by atoms with Crippen LogP contribution in [0.15, 0.2) is 30.5 Å². The minimum atomic E-state index is -0.404. The molecule has 0 saturated heterocycles. The lowest BCUT2D eigenvalue weighted by molar-refractivity contribution is 0.630. The molecular formula is C12H13ClFN3. The predicted octanol–water partition coefficient (Wildman–Crippen LogP) is 2.87. The van der Waals surface area contributed by atoms with E-state index in [-0.39, 0.29) is 5.02 Å². The Labute approximate surface area is 104 Å². The summed E-state index contributed by atoms with van der Waals surface area (Å²) in [4.78, 5) is 0. The molecule has 1 aromatic carbocycles. The van der Waals surface area contributed by atoms with Crippen LogP contribution in [0.1, 0.15) is 5.69 Å². The molecule has 1 heterocycles. The van der Waals surface area contributed by atoms with E-state index in [1.54, 1.807) is 23.0 Å². The van der Waals surface area contributed by atoms with Crippen molar-refractivity contribution < 1.29 is 4.39 Å². The molecule has 5 heteroatoms. The lowest BCUT2D eigenvalue weighted by Crippen LogP contribution is -2.09. The Balaban J connectivity index is 1.95. The molecular weight excluding hydrogens is 241 g/mol. The van der Waals surface area contributed by atoms with Crippen LogP contribution in [0.2, 0.25) is 5.02 Å². The molecule has 90 valence electrons. The van der Waals surface area contributed by atoms with Crippen molar-refractivity contribution in [2.24, 2.45) is 7.05 Å². The van der Waals surface area contributed by atoms with Gasteiger partial charge in [-0.1, -0.05) is 17.7 Å². The fraction of sp³-hybridized carbons (Fsp3) is 0.250. The molecule has 0 radical (unpaired) electrons. The first-order valence-electron chi connectivity index (χ1n) is 5.33. The van der Waals surface area contributed by atoms with Gasteiger partial charge >= 0.3 is 0 Å².